The van der Waals surface area contributed by atoms with Crippen LogP contribution in [-0.4, -0.2) is 31.5 Å². The maximum absolute atomic E-state index is 12.9. The Morgan fingerprint density at radius 1 is 0.600 bits per heavy atom. The van der Waals surface area contributed by atoms with Crippen LogP contribution in [0, 0.1) is 0 Å². The number of hydrogen-bond acceptors (Lipinski definition) is 6. The maximum atomic E-state index is 12.9. The first-order valence-corrected chi connectivity index (χ1v) is 8.24. The van der Waals surface area contributed by atoms with Crippen molar-refractivity contribution < 1.29 is 9.59 Å². The van der Waals surface area contributed by atoms with Crippen LogP contribution in [0.3, 0.4) is 0 Å². The zero-order chi connectivity index (χ0) is 17.1. The summed E-state index contributed by atoms with van der Waals surface area (Å²) in [6.45, 7) is 0. The highest BCUT2D eigenvalue weighted by Crippen LogP contribution is 2.27. The van der Waals surface area contributed by atoms with Crippen molar-refractivity contribution in [3.05, 3.63) is 69.7 Å². The lowest BCUT2D eigenvalue weighted by Gasteiger charge is -2.15. The Morgan fingerprint density at radius 3 is 1.56 bits per heavy atom. The molecule has 0 saturated heterocycles. The molecule has 0 unspecified atom stereocenters. The fraction of sp³-hybridized carbons (Fsp3) is 0. The van der Waals surface area contributed by atoms with Gasteiger partial charge >= 0.3 is 0 Å². The number of ketones is 2. The Balaban J connectivity index is 1.83. The quantitative estimate of drug-likeness (QED) is 0.403. The topological polar surface area (TPSA) is 85.7 Å². The van der Waals surface area contributed by atoms with E-state index in [1.165, 1.54) is 0 Å². The first-order valence-electron chi connectivity index (χ1n) is 7.45. The molecule has 0 aliphatic heterocycles. The molecule has 1 aliphatic rings. The third-order valence-electron chi connectivity index (χ3n) is 4.06. The largest absolute Gasteiger partial charge is 0.285 e. The van der Waals surface area contributed by atoms with Crippen LogP contribution in [0.4, 0.5) is 0 Å². The number of halogens is 1. The van der Waals surface area contributed by atoms with Gasteiger partial charge in [-0.05, 0) is 30.3 Å². The molecule has 0 fully saturated rings. The first kappa shape index (κ1) is 14.3. The molecule has 5 rings (SSSR count). The van der Waals surface area contributed by atoms with Crippen molar-refractivity contribution in [2.75, 3.05) is 0 Å². The van der Waals surface area contributed by atoms with Crippen molar-refractivity contribution >= 4 is 49.6 Å². The molecule has 7 heteroatoms. The van der Waals surface area contributed by atoms with E-state index < -0.39 is 11.6 Å². The van der Waals surface area contributed by atoms with Gasteiger partial charge in [-0.2, -0.15) is 0 Å². The highest BCUT2D eigenvalue weighted by Gasteiger charge is 2.35. The van der Waals surface area contributed by atoms with Crippen LogP contribution in [0.1, 0.15) is 32.4 Å². The second-order valence-electron chi connectivity index (χ2n) is 5.62. The van der Waals surface area contributed by atoms with Gasteiger partial charge in [-0.15, -0.1) is 0 Å². The summed E-state index contributed by atoms with van der Waals surface area (Å²) >= 11 is 3.37. The predicted octanol–water partition coefficient (Wildman–Crippen LogP) is 3.11. The molecule has 0 N–H and O–H groups in total. The maximum Gasteiger partial charge on any atom is 0.234 e. The molecule has 0 spiro atoms. The average molecular weight is 391 g/mol. The molecule has 0 amide bonds. The van der Waals surface area contributed by atoms with Crippen molar-refractivity contribution in [3.63, 3.8) is 0 Å². The van der Waals surface area contributed by atoms with Gasteiger partial charge < -0.3 is 0 Å². The van der Waals surface area contributed by atoms with Crippen LogP contribution in [0.2, 0.25) is 0 Å². The second kappa shape index (κ2) is 4.97. The number of hydrogen-bond donors (Lipinski definition) is 0. The lowest BCUT2D eigenvalue weighted by Crippen LogP contribution is -2.26. The molecule has 2 heterocycles. The average Bonchev–Trinajstić information content (AvgIpc) is 2.63. The number of fused-ring (bicyclic) bond motifs is 4. The molecular weight excluding hydrogens is 384 g/mol. The lowest BCUT2D eigenvalue weighted by atomic mass is 9.97. The van der Waals surface area contributed by atoms with Gasteiger partial charge in [0, 0.05) is 4.47 Å². The fourth-order valence-corrected chi connectivity index (χ4v) is 3.23. The van der Waals surface area contributed by atoms with Crippen LogP contribution < -0.4 is 0 Å². The monoisotopic (exact) mass is 390 g/mol. The third kappa shape index (κ3) is 2.02. The fourth-order valence-electron chi connectivity index (χ4n) is 2.89. The zero-order valence-corrected chi connectivity index (χ0v) is 14.1. The first-order chi connectivity index (χ1) is 12.1. The highest BCUT2D eigenvalue weighted by atomic mass is 79.9. The summed E-state index contributed by atoms with van der Waals surface area (Å²) in [5, 5.41) is 0. The van der Waals surface area contributed by atoms with Crippen molar-refractivity contribution in [2.24, 2.45) is 0 Å². The van der Waals surface area contributed by atoms with Crippen LogP contribution >= 0.6 is 15.9 Å². The van der Waals surface area contributed by atoms with Gasteiger partial charge in [0.25, 0.3) is 0 Å². The van der Waals surface area contributed by atoms with E-state index >= 15 is 0 Å². The minimum atomic E-state index is -0.433. The summed E-state index contributed by atoms with van der Waals surface area (Å²) in [4.78, 5) is 43.1. The number of carbonyl (C=O) groups is 2. The number of carbonyl (C=O) groups excluding carboxylic acids is 2. The van der Waals surface area contributed by atoms with Gasteiger partial charge in [-0.3, -0.25) is 9.59 Å². The van der Waals surface area contributed by atoms with E-state index in [9.17, 15) is 9.59 Å². The Bertz CT molecular complexity index is 1250. The molecule has 2 aromatic carbocycles. The van der Waals surface area contributed by atoms with Crippen molar-refractivity contribution in [2.45, 2.75) is 0 Å². The summed E-state index contributed by atoms with van der Waals surface area (Å²) in [5.74, 6) is -0.864. The minimum absolute atomic E-state index is 0.0210. The number of rotatable bonds is 0. The zero-order valence-electron chi connectivity index (χ0n) is 12.5. The molecule has 25 heavy (non-hydrogen) atoms. The number of aromatic nitrogens is 4. The van der Waals surface area contributed by atoms with Gasteiger partial charge in [-0.1, -0.05) is 28.1 Å². The normalized spacial score (nSPS) is 13.2. The standard InChI is InChI=1S/C18H7BrN4O2/c19-8-5-6-11-12(7-8)23-16-15(22-11)17(24)13-14(18(16)25)21-10-4-2-1-3-9(10)20-13/h1-7H. The van der Waals surface area contributed by atoms with Gasteiger partial charge in [0.2, 0.25) is 11.6 Å². The van der Waals surface area contributed by atoms with Gasteiger partial charge in [0.1, 0.15) is 22.8 Å². The molecule has 0 atom stereocenters. The second-order valence-corrected chi connectivity index (χ2v) is 6.54. The smallest absolute Gasteiger partial charge is 0.234 e. The molecule has 0 radical (unpaired) electrons. The van der Waals surface area contributed by atoms with E-state index in [1.807, 2.05) is 0 Å². The number of para-hydroxylation sites is 2. The number of benzene rings is 2. The van der Waals surface area contributed by atoms with Crippen molar-refractivity contribution in [1.82, 2.24) is 19.9 Å². The Kier molecular flexibility index (Phi) is 2.84. The Labute approximate surface area is 149 Å². The van der Waals surface area contributed by atoms with Gasteiger partial charge in [0.05, 0.1) is 22.1 Å². The predicted molar refractivity (Wildman–Crippen MR) is 93.6 cm³/mol. The molecule has 0 bridgehead atoms. The van der Waals surface area contributed by atoms with Crippen LogP contribution in [0.25, 0.3) is 22.1 Å². The molecule has 2 aromatic heterocycles. The Hall–Kier alpha value is -3.06. The van der Waals surface area contributed by atoms with Crippen molar-refractivity contribution in [1.29, 1.82) is 0 Å². The molecule has 4 aromatic rings. The van der Waals surface area contributed by atoms with E-state index in [0.29, 0.717) is 22.1 Å². The van der Waals surface area contributed by atoms with Crippen molar-refractivity contribution in [3.8, 4) is 0 Å². The van der Waals surface area contributed by atoms with Crippen LogP contribution in [0.5, 0.6) is 0 Å². The Morgan fingerprint density at radius 2 is 1.04 bits per heavy atom. The highest BCUT2D eigenvalue weighted by molar-refractivity contribution is 9.10. The SMILES string of the molecule is O=C1c2nc3ccccc3nc2C(=O)c2nc3cc(Br)ccc3nc21. The molecule has 0 saturated carbocycles. The van der Waals surface area contributed by atoms with E-state index in [0.717, 1.165) is 4.47 Å². The van der Waals surface area contributed by atoms with E-state index in [4.69, 9.17) is 0 Å². The van der Waals surface area contributed by atoms with Gasteiger partial charge in [0.15, 0.2) is 0 Å². The van der Waals surface area contributed by atoms with E-state index in [2.05, 4.69) is 35.9 Å². The number of nitrogens with zero attached hydrogens (tertiary/aromatic N) is 4. The van der Waals surface area contributed by atoms with E-state index in [1.54, 1.807) is 42.5 Å². The minimum Gasteiger partial charge on any atom is -0.285 e. The third-order valence-corrected chi connectivity index (χ3v) is 4.55. The summed E-state index contributed by atoms with van der Waals surface area (Å²) in [5.41, 5.74) is 2.30. The van der Waals surface area contributed by atoms with Crippen LogP contribution in [0.15, 0.2) is 46.9 Å². The molecule has 1 aliphatic carbocycles. The summed E-state index contributed by atoms with van der Waals surface area (Å²) in [6, 6.07) is 12.4. The summed E-state index contributed by atoms with van der Waals surface area (Å²) in [6.07, 6.45) is 0. The summed E-state index contributed by atoms with van der Waals surface area (Å²) in [7, 11) is 0. The molecular formula is C18H7BrN4O2. The van der Waals surface area contributed by atoms with Gasteiger partial charge in [-0.25, -0.2) is 19.9 Å². The van der Waals surface area contributed by atoms with Crippen LogP contribution in [-0.2, 0) is 0 Å². The summed E-state index contributed by atoms with van der Waals surface area (Å²) < 4.78 is 0.815. The van der Waals surface area contributed by atoms with E-state index in [-0.39, 0.29) is 22.8 Å². The molecule has 118 valence electrons. The lowest BCUT2D eigenvalue weighted by molar-refractivity contribution is 0.0965. The molecule has 6 nitrogen and oxygen atoms in total.